The number of esters is 2. The van der Waals surface area contributed by atoms with Crippen molar-refractivity contribution in [3.8, 4) is 11.5 Å². The zero-order valence-electron chi connectivity index (χ0n) is 16.8. The predicted octanol–water partition coefficient (Wildman–Crippen LogP) is 6.51. The number of rotatable bonds is 8. The molecule has 154 valence electrons. The van der Waals surface area contributed by atoms with Crippen LogP contribution >= 0.6 is 11.6 Å². The molecule has 5 heteroatoms. The van der Waals surface area contributed by atoms with Crippen LogP contribution in [0.15, 0.2) is 72.8 Å². The number of ether oxygens (including phenoxy) is 2. The molecule has 3 rings (SSSR count). The van der Waals surface area contributed by atoms with Crippen LogP contribution in [0.3, 0.4) is 0 Å². The Labute approximate surface area is 181 Å². The van der Waals surface area contributed by atoms with Crippen LogP contribution in [0.2, 0.25) is 5.02 Å². The molecule has 30 heavy (non-hydrogen) atoms. The van der Waals surface area contributed by atoms with Gasteiger partial charge in [-0.05, 0) is 54.8 Å². The van der Waals surface area contributed by atoms with Gasteiger partial charge in [0.15, 0.2) is 0 Å². The minimum Gasteiger partial charge on any atom is -0.423 e. The molecule has 0 aromatic heterocycles. The summed E-state index contributed by atoms with van der Waals surface area (Å²) in [5.41, 5.74) is 1.85. The molecular weight excluding hydrogens is 400 g/mol. The van der Waals surface area contributed by atoms with Crippen molar-refractivity contribution < 1.29 is 19.1 Å². The third-order valence-electron chi connectivity index (χ3n) is 4.58. The van der Waals surface area contributed by atoms with Crippen LogP contribution in [-0.4, -0.2) is 11.9 Å². The Bertz CT molecular complexity index is 997. The van der Waals surface area contributed by atoms with Crippen LogP contribution in [0.25, 0.3) is 0 Å². The number of halogens is 1. The average Bonchev–Trinajstić information content (AvgIpc) is 2.75. The molecule has 0 aliphatic carbocycles. The summed E-state index contributed by atoms with van der Waals surface area (Å²) >= 11 is 6.21. The molecule has 0 saturated carbocycles. The van der Waals surface area contributed by atoms with E-state index < -0.39 is 11.9 Å². The maximum absolute atomic E-state index is 12.4. The van der Waals surface area contributed by atoms with E-state index in [2.05, 4.69) is 6.92 Å². The SMILES string of the molecule is CCCCCc1ccc(C(=O)Oc2ccc(C(=O)Oc3ccccc3)c(Cl)c2)cc1. The van der Waals surface area contributed by atoms with E-state index >= 15 is 0 Å². The molecule has 0 saturated heterocycles. The molecule has 0 radical (unpaired) electrons. The number of carbonyl (C=O) groups excluding carboxylic acids is 2. The van der Waals surface area contributed by atoms with Crippen LogP contribution in [-0.2, 0) is 6.42 Å². The van der Waals surface area contributed by atoms with Crippen molar-refractivity contribution >= 4 is 23.5 Å². The second-order valence-corrected chi connectivity index (χ2v) is 7.29. The van der Waals surface area contributed by atoms with E-state index in [4.69, 9.17) is 21.1 Å². The lowest BCUT2D eigenvalue weighted by Gasteiger charge is -2.09. The first-order valence-electron chi connectivity index (χ1n) is 9.94. The zero-order valence-corrected chi connectivity index (χ0v) is 17.5. The summed E-state index contributed by atoms with van der Waals surface area (Å²) in [5, 5.41) is 0.146. The van der Waals surface area contributed by atoms with E-state index in [1.54, 1.807) is 36.4 Å². The van der Waals surface area contributed by atoms with Gasteiger partial charge in [-0.15, -0.1) is 0 Å². The highest BCUT2D eigenvalue weighted by Gasteiger charge is 2.15. The standard InChI is InChI=1S/C25H23ClO4/c1-2-3-5-8-18-11-13-19(14-12-18)24(27)30-21-15-16-22(23(26)17-21)25(28)29-20-9-6-4-7-10-20/h4,6-7,9-17H,2-3,5,8H2,1H3. The van der Waals surface area contributed by atoms with Gasteiger partial charge in [0.2, 0.25) is 0 Å². The Morgan fingerprint density at radius 2 is 1.50 bits per heavy atom. The van der Waals surface area contributed by atoms with Gasteiger partial charge < -0.3 is 9.47 Å². The molecule has 0 heterocycles. The van der Waals surface area contributed by atoms with E-state index in [0.29, 0.717) is 11.3 Å². The topological polar surface area (TPSA) is 52.6 Å². The number of aryl methyl sites for hydroxylation is 1. The van der Waals surface area contributed by atoms with Crippen molar-refractivity contribution in [1.29, 1.82) is 0 Å². The summed E-state index contributed by atoms with van der Waals surface area (Å²) in [5.74, 6) is -0.381. The molecule has 0 spiro atoms. The third-order valence-corrected chi connectivity index (χ3v) is 4.90. The van der Waals surface area contributed by atoms with Crippen molar-refractivity contribution in [3.05, 3.63) is 94.5 Å². The highest BCUT2D eigenvalue weighted by molar-refractivity contribution is 6.33. The van der Waals surface area contributed by atoms with Crippen LogP contribution in [0.5, 0.6) is 11.5 Å². The van der Waals surface area contributed by atoms with Crippen molar-refractivity contribution in [2.24, 2.45) is 0 Å². The van der Waals surface area contributed by atoms with Crippen molar-refractivity contribution in [2.45, 2.75) is 32.6 Å². The Morgan fingerprint density at radius 1 is 0.800 bits per heavy atom. The summed E-state index contributed by atoms with van der Waals surface area (Å²) in [7, 11) is 0. The minimum atomic E-state index is -0.581. The van der Waals surface area contributed by atoms with E-state index in [1.807, 2.05) is 18.2 Å². The molecule has 4 nitrogen and oxygen atoms in total. The largest absolute Gasteiger partial charge is 0.423 e. The van der Waals surface area contributed by atoms with E-state index in [0.717, 1.165) is 12.8 Å². The molecule has 0 N–H and O–H groups in total. The molecule has 3 aromatic carbocycles. The molecule has 0 unspecified atom stereocenters. The molecular formula is C25H23ClO4. The molecule has 0 atom stereocenters. The number of hydrogen-bond donors (Lipinski definition) is 0. The highest BCUT2D eigenvalue weighted by Crippen LogP contribution is 2.25. The second-order valence-electron chi connectivity index (χ2n) is 6.89. The van der Waals surface area contributed by atoms with Crippen LogP contribution in [0.1, 0.15) is 52.5 Å². The van der Waals surface area contributed by atoms with Gasteiger partial charge in [0.05, 0.1) is 16.1 Å². The number of carbonyl (C=O) groups is 2. The van der Waals surface area contributed by atoms with Crippen molar-refractivity contribution in [3.63, 3.8) is 0 Å². The number of unbranched alkanes of at least 4 members (excludes halogenated alkanes) is 2. The summed E-state index contributed by atoms with van der Waals surface area (Å²) in [4.78, 5) is 24.7. The Kier molecular flexibility index (Phi) is 7.63. The molecule has 0 aliphatic heterocycles. The Balaban J connectivity index is 1.62. The lowest BCUT2D eigenvalue weighted by molar-refractivity contribution is 0.0730. The fourth-order valence-corrected chi connectivity index (χ4v) is 3.18. The van der Waals surface area contributed by atoms with Gasteiger partial charge in [-0.1, -0.05) is 61.7 Å². The van der Waals surface area contributed by atoms with Gasteiger partial charge in [0.1, 0.15) is 11.5 Å². The first-order valence-corrected chi connectivity index (χ1v) is 10.3. The molecule has 0 amide bonds. The quantitative estimate of drug-likeness (QED) is 0.236. The maximum atomic E-state index is 12.4. The Morgan fingerprint density at radius 3 is 2.17 bits per heavy atom. The Hall–Kier alpha value is -3.11. The van der Waals surface area contributed by atoms with Gasteiger partial charge in [0, 0.05) is 6.07 Å². The molecule has 0 aliphatic rings. The summed E-state index contributed by atoms with van der Waals surface area (Å²) in [6.45, 7) is 2.17. The van der Waals surface area contributed by atoms with Crippen molar-refractivity contribution in [2.75, 3.05) is 0 Å². The fraction of sp³-hybridized carbons (Fsp3) is 0.200. The summed E-state index contributed by atoms with van der Waals surface area (Å²) in [6.07, 6.45) is 4.51. The average molecular weight is 423 g/mol. The van der Waals surface area contributed by atoms with Gasteiger partial charge in [0.25, 0.3) is 0 Å². The molecule has 0 fully saturated rings. The smallest absolute Gasteiger partial charge is 0.345 e. The second kappa shape index (κ2) is 10.6. The maximum Gasteiger partial charge on any atom is 0.345 e. The van der Waals surface area contributed by atoms with Gasteiger partial charge >= 0.3 is 11.9 Å². The third kappa shape index (κ3) is 5.94. The van der Waals surface area contributed by atoms with E-state index in [1.165, 1.54) is 36.6 Å². The number of para-hydroxylation sites is 1. The predicted molar refractivity (Wildman–Crippen MR) is 117 cm³/mol. The number of hydrogen-bond acceptors (Lipinski definition) is 4. The molecule has 0 bridgehead atoms. The lowest BCUT2D eigenvalue weighted by atomic mass is 10.1. The van der Waals surface area contributed by atoms with Crippen LogP contribution in [0, 0.1) is 0 Å². The van der Waals surface area contributed by atoms with Crippen LogP contribution in [0.4, 0.5) is 0 Å². The number of benzene rings is 3. The van der Waals surface area contributed by atoms with Gasteiger partial charge in [-0.2, -0.15) is 0 Å². The van der Waals surface area contributed by atoms with Crippen LogP contribution < -0.4 is 9.47 Å². The molecule has 3 aromatic rings. The lowest BCUT2D eigenvalue weighted by Crippen LogP contribution is -2.11. The first-order chi connectivity index (χ1) is 14.6. The minimum absolute atomic E-state index is 0.146. The monoisotopic (exact) mass is 422 g/mol. The normalized spacial score (nSPS) is 10.5. The van der Waals surface area contributed by atoms with Gasteiger partial charge in [-0.3, -0.25) is 0 Å². The summed E-state index contributed by atoms with van der Waals surface area (Å²) < 4.78 is 10.7. The van der Waals surface area contributed by atoms with Gasteiger partial charge in [-0.25, -0.2) is 9.59 Å². The first kappa shape index (κ1) is 21.6. The van der Waals surface area contributed by atoms with E-state index in [9.17, 15) is 9.59 Å². The highest BCUT2D eigenvalue weighted by atomic mass is 35.5. The summed E-state index contributed by atoms with van der Waals surface area (Å²) in [6, 6.07) is 20.6. The van der Waals surface area contributed by atoms with E-state index in [-0.39, 0.29) is 16.3 Å². The fourth-order valence-electron chi connectivity index (χ4n) is 2.93. The zero-order chi connectivity index (χ0) is 21.3. The van der Waals surface area contributed by atoms with Crippen molar-refractivity contribution in [1.82, 2.24) is 0 Å².